The first-order chi connectivity index (χ1) is 9.56. The van der Waals surface area contributed by atoms with Crippen molar-refractivity contribution < 1.29 is 5.11 Å². The van der Waals surface area contributed by atoms with Gasteiger partial charge in [-0.25, -0.2) is 0 Å². The summed E-state index contributed by atoms with van der Waals surface area (Å²) in [5.41, 5.74) is 2.11. The Labute approximate surface area is 136 Å². The molecule has 0 radical (unpaired) electrons. The molecule has 0 saturated heterocycles. The molecule has 2 N–H and O–H groups in total. The van der Waals surface area contributed by atoms with Crippen LogP contribution in [0, 0.1) is 0 Å². The highest BCUT2D eigenvalue weighted by Gasteiger charge is 2.11. The average Bonchev–Trinajstić information content (AvgIpc) is 2.44. The van der Waals surface area contributed by atoms with Crippen molar-refractivity contribution in [2.45, 2.75) is 19.1 Å². The van der Waals surface area contributed by atoms with Gasteiger partial charge in [0, 0.05) is 21.5 Å². The minimum absolute atomic E-state index is 0.189. The number of hydrogen-bond donors (Lipinski definition) is 2. The highest BCUT2D eigenvalue weighted by molar-refractivity contribution is 9.10. The van der Waals surface area contributed by atoms with Crippen LogP contribution in [-0.4, -0.2) is 11.7 Å². The van der Waals surface area contributed by atoms with Gasteiger partial charge < -0.3 is 10.4 Å². The standard InChI is InChI=1S/C16H17Br2NO/c1-11(12-4-2-6-14(17)8-12)19-10-16(20)13-5-3-7-15(18)9-13/h2-9,11,16,19-20H,10H2,1H3/t11-,16?/m1/s1. The number of rotatable bonds is 5. The molecule has 2 aromatic carbocycles. The molecule has 0 bridgehead atoms. The molecule has 0 amide bonds. The smallest absolute Gasteiger partial charge is 0.0914 e. The third kappa shape index (κ3) is 4.42. The van der Waals surface area contributed by atoms with Crippen molar-refractivity contribution in [3.05, 3.63) is 68.6 Å². The third-order valence-corrected chi connectivity index (χ3v) is 4.19. The van der Waals surface area contributed by atoms with Crippen LogP contribution in [0.2, 0.25) is 0 Å². The molecular weight excluding hydrogens is 382 g/mol. The highest BCUT2D eigenvalue weighted by atomic mass is 79.9. The van der Waals surface area contributed by atoms with Crippen molar-refractivity contribution in [3.8, 4) is 0 Å². The molecule has 0 fully saturated rings. The van der Waals surface area contributed by atoms with Crippen molar-refractivity contribution in [2.75, 3.05) is 6.54 Å². The van der Waals surface area contributed by atoms with Crippen LogP contribution in [0.4, 0.5) is 0 Å². The lowest BCUT2D eigenvalue weighted by Crippen LogP contribution is -2.24. The quantitative estimate of drug-likeness (QED) is 0.771. The molecule has 2 rings (SSSR count). The Hall–Kier alpha value is -0.680. The van der Waals surface area contributed by atoms with Crippen molar-refractivity contribution in [1.82, 2.24) is 5.32 Å². The van der Waals surface area contributed by atoms with Gasteiger partial charge in [-0.3, -0.25) is 0 Å². The van der Waals surface area contributed by atoms with Crippen molar-refractivity contribution in [3.63, 3.8) is 0 Å². The van der Waals surface area contributed by atoms with Crippen LogP contribution >= 0.6 is 31.9 Å². The molecule has 2 aromatic rings. The highest BCUT2D eigenvalue weighted by Crippen LogP contribution is 2.20. The van der Waals surface area contributed by atoms with Gasteiger partial charge in [-0.2, -0.15) is 0 Å². The fourth-order valence-electron chi connectivity index (χ4n) is 2.01. The number of nitrogens with one attached hydrogen (secondary N) is 1. The molecule has 106 valence electrons. The van der Waals surface area contributed by atoms with Gasteiger partial charge in [0.1, 0.15) is 0 Å². The molecule has 0 heterocycles. The average molecular weight is 399 g/mol. The molecule has 20 heavy (non-hydrogen) atoms. The lowest BCUT2D eigenvalue weighted by atomic mass is 10.1. The Bertz CT molecular complexity index is 522. The van der Waals surface area contributed by atoms with Gasteiger partial charge in [-0.05, 0) is 42.3 Å². The summed E-state index contributed by atoms with van der Waals surface area (Å²) >= 11 is 6.89. The van der Waals surface area contributed by atoms with E-state index in [1.54, 1.807) is 0 Å². The van der Waals surface area contributed by atoms with Gasteiger partial charge >= 0.3 is 0 Å². The zero-order chi connectivity index (χ0) is 14.5. The summed E-state index contributed by atoms with van der Waals surface area (Å²) in [5, 5.41) is 13.6. The van der Waals surface area contributed by atoms with Crippen LogP contribution < -0.4 is 5.32 Å². The number of benzene rings is 2. The van der Waals surface area contributed by atoms with Crippen molar-refractivity contribution in [1.29, 1.82) is 0 Å². The fourth-order valence-corrected chi connectivity index (χ4v) is 2.85. The third-order valence-electron chi connectivity index (χ3n) is 3.20. The molecule has 0 saturated carbocycles. The second kappa shape index (κ2) is 7.36. The van der Waals surface area contributed by atoms with E-state index in [9.17, 15) is 5.11 Å². The van der Waals surface area contributed by atoms with Gasteiger partial charge in [-0.15, -0.1) is 0 Å². The minimum Gasteiger partial charge on any atom is -0.387 e. The van der Waals surface area contributed by atoms with Gasteiger partial charge in [0.15, 0.2) is 0 Å². The van der Waals surface area contributed by atoms with Crippen LogP contribution in [0.1, 0.15) is 30.2 Å². The van der Waals surface area contributed by atoms with E-state index in [2.05, 4.69) is 56.2 Å². The second-order valence-corrected chi connectivity index (χ2v) is 6.59. The Morgan fingerprint density at radius 2 is 1.55 bits per heavy atom. The van der Waals surface area contributed by atoms with Crippen LogP contribution in [-0.2, 0) is 0 Å². The second-order valence-electron chi connectivity index (χ2n) is 4.76. The van der Waals surface area contributed by atoms with Crippen LogP contribution in [0.25, 0.3) is 0 Å². The maximum Gasteiger partial charge on any atom is 0.0914 e. The van der Waals surface area contributed by atoms with Crippen LogP contribution in [0.5, 0.6) is 0 Å². The molecule has 0 aliphatic carbocycles. The van der Waals surface area contributed by atoms with E-state index in [0.29, 0.717) is 6.54 Å². The molecule has 1 unspecified atom stereocenters. The van der Waals surface area contributed by atoms with Crippen LogP contribution in [0.15, 0.2) is 57.5 Å². The van der Waals surface area contributed by atoms with E-state index in [1.807, 2.05) is 36.4 Å². The summed E-state index contributed by atoms with van der Waals surface area (Å²) in [5.74, 6) is 0. The molecule has 0 aliphatic rings. The van der Waals surface area contributed by atoms with Crippen molar-refractivity contribution >= 4 is 31.9 Å². The Morgan fingerprint density at radius 3 is 2.15 bits per heavy atom. The normalized spacial score (nSPS) is 14.0. The Balaban J connectivity index is 1.94. The summed E-state index contributed by atoms with van der Waals surface area (Å²) in [6.45, 7) is 2.61. The molecule has 0 aromatic heterocycles. The fraction of sp³-hybridized carbons (Fsp3) is 0.250. The largest absolute Gasteiger partial charge is 0.387 e. The molecule has 4 heteroatoms. The van der Waals surface area contributed by atoms with E-state index in [1.165, 1.54) is 5.56 Å². The van der Waals surface area contributed by atoms with Crippen LogP contribution in [0.3, 0.4) is 0 Å². The number of halogens is 2. The summed E-state index contributed by atoms with van der Waals surface area (Å²) in [6, 6.07) is 16.1. The molecule has 0 aliphatic heterocycles. The SMILES string of the molecule is C[C@@H](NCC(O)c1cccc(Br)c1)c1cccc(Br)c1. The predicted octanol–water partition coefficient (Wildman–Crippen LogP) is 4.60. The Kier molecular flexibility index (Phi) is 5.78. The molecule has 2 atom stereocenters. The first kappa shape index (κ1) is 15.7. The monoisotopic (exact) mass is 397 g/mol. The summed E-state index contributed by atoms with van der Waals surface area (Å²) in [7, 11) is 0. The summed E-state index contributed by atoms with van der Waals surface area (Å²) in [4.78, 5) is 0. The maximum absolute atomic E-state index is 10.2. The summed E-state index contributed by atoms with van der Waals surface area (Å²) in [6.07, 6.45) is -0.512. The van der Waals surface area contributed by atoms with Gasteiger partial charge in [0.2, 0.25) is 0 Å². The lowest BCUT2D eigenvalue weighted by molar-refractivity contribution is 0.170. The molecular formula is C16H17Br2NO. The first-order valence-electron chi connectivity index (χ1n) is 6.48. The zero-order valence-corrected chi connectivity index (χ0v) is 14.4. The van der Waals surface area contributed by atoms with E-state index in [4.69, 9.17) is 0 Å². The number of aliphatic hydroxyl groups excluding tert-OH is 1. The van der Waals surface area contributed by atoms with Gasteiger partial charge in [-0.1, -0.05) is 56.1 Å². The van der Waals surface area contributed by atoms with Crippen molar-refractivity contribution in [2.24, 2.45) is 0 Å². The summed E-state index contributed by atoms with van der Waals surface area (Å²) < 4.78 is 2.05. The molecule has 0 spiro atoms. The molecule has 2 nitrogen and oxygen atoms in total. The predicted molar refractivity (Wildman–Crippen MR) is 89.7 cm³/mol. The lowest BCUT2D eigenvalue weighted by Gasteiger charge is -2.18. The topological polar surface area (TPSA) is 32.3 Å². The number of aliphatic hydroxyl groups is 1. The maximum atomic E-state index is 10.2. The first-order valence-corrected chi connectivity index (χ1v) is 8.07. The Morgan fingerprint density at radius 1 is 1.00 bits per heavy atom. The minimum atomic E-state index is -0.512. The van der Waals surface area contributed by atoms with E-state index >= 15 is 0 Å². The zero-order valence-electron chi connectivity index (χ0n) is 11.2. The number of hydrogen-bond acceptors (Lipinski definition) is 2. The van der Waals surface area contributed by atoms with E-state index < -0.39 is 6.10 Å². The van der Waals surface area contributed by atoms with E-state index in [0.717, 1.165) is 14.5 Å². The van der Waals surface area contributed by atoms with E-state index in [-0.39, 0.29) is 6.04 Å². The van der Waals surface area contributed by atoms with Gasteiger partial charge in [0.05, 0.1) is 6.10 Å². The van der Waals surface area contributed by atoms with Gasteiger partial charge in [0.25, 0.3) is 0 Å².